The summed E-state index contributed by atoms with van der Waals surface area (Å²) in [7, 11) is 0. The van der Waals surface area contributed by atoms with Crippen LogP contribution in [0.15, 0.2) is 24.4 Å². The van der Waals surface area contributed by atoms with Gasteiger partial charge in [-0.3, -0.25) is 9.69 Å². The van der Waals surface area contributed by atoms with Crippen LogP contribution in [0, 0.1) is 11.8 Å². The van der Waals surface area contributed by atoms with Gasteiger partial charge < -0.3 is 15.5 Å². The lowest BCUT2D eigenvalue weighted by Crippen LogP contribution is -2.53. The van der Waals surface area contributed by atoms with E-state index in [-0.39, 0.29) is 42.7 Å². The molecule has 0 spiro atoms. The van der Waals surface area contributed by atoms with Gasteiger partial charge in [0.2, 0.25) is 5.91 Å². The first-order valence-electron chi connectivity index (χ1n) is 9.03. The van der Waals surface area contributed by atoms with E-state index >= 15 is 0 Å². The van der Waals surface area contributed by atoms with Crippen molar-refractivity contribution >= 4 is 36.5 Å². The van der Waals surface area contributed by atoms with Crippen molar-refractivity contribution < 1.29 is 4.79 Å². The molecule has 6 nitrogen and oxygen atoms in total. The largest absolute Gasteiger partial charge is 0.354 e. The van der Waals surface area contributed by atoms with Gasteiger partial charge >= 0.3 is 0 Å². The molecule has 0 radical (unpaired) electrons. The van der Waals surface area contributed by atoms with Gasteiger partial charge in [-0.15, -0.1) is 24.8 Å². The van der Waals surface area contributed by atoms with Crippen LogP contribution in [-0.4, -0.2) is 67.6 Å². The zero-order valence-corrected chi connectivity index (χ0v) is 17.2. The fraction of sp³-hybridized carbons (Fsp3) is 0.667. The number of amides is 1. The SMILES string of the molecule is CC(CN1CCN(c2ccccn2)CC1)NC(=O)C(C)C1CNC1.Cl.Cl. The average Bonchev–Trinajstić information content (AvgIpc) is 2.54. The van der Waals surface area contributed by atoms with Crippen LogP contribution < -0.4 is 15.5 Å². The molecule has 0 aliphatic carbocycles. The summed E-state index contributed by atoms with van der Waals surface area (Å²) >= 11 is 0. The van der Waals surface area contributed by atoms with Gasteiger partial charge in [0.1, 0.15) is 5.82 Å². The average molecular weight is 404 g/mol. The van der Waals surface area contributed by atoms with Crippen molar-refractivity contribution in [2.45, 2.75) is 19.9 Å². The van der Waals surface area contributed by atoms with Gasteiger partial charge in [0.25, 0.3) is 0 Å². The molecule has 8 heteroatoms. The second kappa shape index (κ2) is 10.9. The Morgan fingerprint density at radius 2 is 1.92 bits per heavy atom. The Labute approximate surface area is 168 Å². The summed E-state index contributed by atoms with van der Waals surface area (Å²) in [6.07, 6.45) is 1.85. The smallest absolute Gasteiger partial charge is 0.223 e. The van der Waals surface area contributed by atoms with Crippen molar-refractivity contribution in [3.8, 4) is 0 Å². The van der Waals surface area contributed by atoms with Gasteiger partial charge in [0, 0.05) is 50.9 Å². The Morgan fingerprint density at radius 1 is 1.23 bits per heavy atom. The van der Waals surface area contributed by atoms with Gasteiger partial charge in [0.05, 0.1) is 0 Å². The van der Waals surface area contributed by atoms with Crippen molar-refractivity contribution in [2.24, 2.45) is 11.8 Å². The highest BCUT2D eigenvalue weighted by Crippen LogP contribution is 2.16. The molecular formula is C18H31Cl2N5O. The zero-order chi connectivity index (χ0) is 16.9. The van der Waals surface area contributed by atoms with E-state index in [0.29, 0.717) is 5.92 Å². The quantitative estimate of drug-likeness (QED) is 0.751. The first kappa shape index (κ1) is 23.0. The van der Waals surface area contributed by atoms with Gasteiger partial charge in [-0.2, -0.15) is 0 Å². The van der Waals surface area contributed by atoms with Gasteiger partial charge in [-0.25, -0.2) is 4.98 Å². The molecule has 2 saturated heterocycles. The number of hydrogen-bond acceptors (Lipinski definition) is 5. The normalized spacial score (nSPS) is 20.2. The van der Waals surface area contributed by atoms with Crippen LogP contribution in [-0.2, 0) is 4.79 Å². The Hall–Kier alpha value is -1.08. The molecule has 0 bridgehead atoms. The predicted molar refractivity (Wildman–Crippen MR) is 111 cm³/mol. The summed E-state index contributed by atoms with van der Waals surface area (Å²) in [6.45, 7) is 11.0. The Bertz CT molecular complexity index is 536. The van der Waals surface area contributed by atoms with Crippen molar-refractivity contribution in [3.63, 3.8) is 0 Å². The lowest BCUT2D eigenvalue weighted by molar-refractivity contribution is -0.127. The monoisotopic (exact) mass is 403 g/mol. The molecule has 3 rings (SSSR count). The molecule has 3 heterocycles. The summed E-state index contributed by atoms with van der Waals surface area (Å²) in [4.78, 5) is 21.5. The fourth-order valence-corrected chi connectivity index (χ4v) is 3.39. The minimum atomic E-state index is 0. The number of halogens is 2. The molecule has 2 unspecified atom stereocenters. The van der Waals surface area contributed by atoms with Crippen LogP contribution >= 0.6 is 24.8 Å². The van der Waals surface area contributed by atoms with Gasteiger partial charge in [0.15, 0.2) is 0 Å². The summed E-state index contributed by atoms with van der Waals surface area (Å²) in [6, 6.07) is 6.24. The van der Waals surface area contributed by atoms with E-state index in [1.165, 1.54) is 0 Å². The van der Waals surface area contributed by atoms with E-state index in [1.54, 1.807) is 0 Å². The second-order valence-corrected chi connectivity index (χ2v) is 7.09. The maximum Gasteiger partial charge on any atom is 0.223 e. The number of pyridine rings is 1. The zero-order valence-electron chi connectivity index (χ0n) is 15.6. The summed E-state index contributed by atoms with van der Waals surface area (Å²) in [5.41, 5.74) is 0. The standard InChI is InChI=1S/C18H29N5O.2ClH/c1-14(21-18(24)15(2)16-11-19-12-16)13-22-7-9-23(10-8-22)17-5-3-4-6-20-17;;/h3-6,14-16,19H,7-13H2,1-2H3,(H,21,24);2*1H. The van der Waals surface area contributed by atoms with Crippen LogP contribution in [0.2, 0.25) is 0 Å². The Balaban J connectivity index is 0.00000169. The van der Waals surface area contributed by atoms with E-state index in [1.807, 2.05) is 25.3 Å². The fourth-order valence-electron chi connectivity index (χ4n) is 3.39. The minimum absolute atomic E-state index is 0. The molecule has 2 aliphatic rings. The third-order valence-corrected chi connectivity index (χ3v) is 5.20. The molecule has 0 saturated carbocycles. The highest BCUT2D eigenvalue weighted by atomic mass is 35.5. The van der Waals surface area contributed by atoms with Crippen LogP contribution in [0.1, 0.15) is 13.8 Å². The van der Waals surface area contributed by atoms with Crippen molar-refractivity contribution in [2.75, 3.05) is 50.7 Å². The lowest BCUT2D eigenvalue weighted by Gasteiger charge is -2.37. The lowest BCUT2D eigenvalue weighted by atomic mass is 9.88. The Kier molecular flexibility index (Phi) is 9.64. The summed E-state index contributed by atoms with van der Waals surface area (Å²) in [5.74, 6) is 1.86. The second-order valence-electron chi connectivity index (χ2n) is 7.09. The van der Waals surface area contributed by atoms with E-state index in [4.69, 9.17) is 0 Å². The molecular weight excluding hydrogens is 373 g/mol. The maximum atomic E-state index is 12.3. The maximum absolute atomic E-state index is 12.3. The third-order valence-electron chi connectivity index (χ3n) is 5.20. The highest BCUT2D eigenvalue weighted by Gasteiger charge is 2.29. The number of hydrogen-bond donors (Lipinski definition) is 2. The van der Waals surface area contributed by atoms with Gasteiger partial charge in [-0.1, -0.05) is 13.0 Å². The van der Waals surface area contributed by atoms with E-state index < -0.39 is 0 Å². The highest BCUT2D eigenvalue weighted by molar-refractivity contribution is 5.85. The third kappa shape index (κ3) is 5.98. The van der Waals surface area contributed by atoms with Crippen molar-refractivity contribution in [1.82, 2.24) is 20.5 Å². The Morgan fingerprint density at radius 3 is 2.46 bits per heavy atom. The number of piperazine rings is 1. The van der Waals surface area contributed by atoms with Crippen LogP contribution in [0.4, 0.5) is 5.82 Å². The number of rotatable bonds is 6. The predicted octanol–water partition coefficient (Wildman–Crippen LogP) is 1.41. The number of carbonyl (C=O) groups excluding carboxylic acids is 1. The molecule has 1 aromatic rings. The minimum Gasteiger partial charge on any atom is -0.354 e. The number of nitrogens with one attached hydrogen (secondary N) is 2. The van der Waals surface area contributed by atoms with E-state index in [9.17, 15) is 4.79 Å². The van der Waals surface area contributed by atoms with E-state index in [2.05, 4.69) is 38.4 Å². The molecule has 0 aromatic carbocycles. The first-order chi connectivity index (χ1) is 11.6. The molecule has 2 aliphatic heterocycles. The van der Waals surface area contributed by atoms with Crippen molar-refractivity contribution in [1.29, 1.82) is 0 Å². The summed E-state index contributed by atoms with van der Waals surface area (Å²) < 4.78 is 0. The first-order valence-corrected chi connectivity index (χ1v) is 9.03. The number of nitrogens with zero attached hydrogens (tertiary/aromatic N) is 3. The molecule has 2 atom stereocenters. The van der Waals surface area contributed by atoms with Crippen LogP contribution in [0.25, 0.3) is 0 Å². The number of carbonyl (C=O) groups is 1. The molecule has 1 amide bonds. The molecule has 2 N–H and O–H groups in total. The number of aromatic nitrogens is 1. The molecule has 1 aromatic heterocycles. The molecule has 2 fully saturated rings. The van der Waals surface area contributed by atoms with E-state index in [0.717, 1.165) is 51.6 Å². The molecule has 26 heavy (non-hydrogen) atoms. The van der Waals surface area contributed by atoms with Crippen LogP contribution in [0.3, 0.4) is 0 Å². The van der Waals surface area contributed by atoms with Crippen molar-refractivity contribution in [3.05, 3.63) is 24.4 Å². The number of anilines is 1. The molecule has 148 valence electrons. The van der Waals surface area contributed by atoms with Gasteiger partial charge in [-0.05, 0) is 38.1 Å². The van der Waals surface area contributed by atoms with Crippen LogP contribution in [0.5, 0.6) is 0 Å². The topological polar surface area (TPSA) is 60.5 Å². The summed E-state index contributed by atoms with van der Waals surface area (Å²) in [5, 5.41) is 6.42.